The lowest BCUT2D eigenvalue weighted by Gasteiger charge is -2.43. The number of ether oxygens (including phenoxy) is 3. The molecule has 2 aliphatic heterocycles. The summed E-state index contributed by atoms with van der Waals surface area (Å²) in [6.45, 7) is 4.66. The molecule has 1 aromatic heterocycles. The number of amides is 1. The van der Waals surface area contributed by atoms with Crippen molar-refractivity contribution in [3.05, 3.63) is 101 Å². The van der Waals surface area contributed by atoms with Crippen molar-refractivity contribution in [2.45, 2.75) is 50.9 Å². The second-order valence-corrected chi connectivity index (χ2v) is 11.4. The van der Waals surface area contributed by atoms with Gasteiger partial charge in [-0.1, -0.05) is 55.5 Å². The number of hydrogen-bond acceptors (Lipinski definition) is 8. The topological polar surface area (TPSA) is 106 Å². The van der Waals surface area contributed by atoms with E-state index in [2.05, 4.69) is 27.1 Å². The Morgan fingerprint density at radius 2 is 1.86 bits per heavy atom. The van der Waals surface area contributed by atoms with Crippen LogP contribution in [0.5, 0.6) is 0 Å². The molecule has 0 bridgehead atoms. The van der Waals surface area contributed by atoms with Gasteiger partial charge in [-0.3, -0.25) is 14.7 Å². The van der Waals surface area contributed by atoms with Crippen LogP contribution in [0.1, 0.15) is 59.3 Å². The van der Waals surface area contributed by atoms with E-state index in [-0.39, 0.29) is 36.3 Å². The van der Waals surface area contributed by atoms with Crippen LogP contribution in [-0.2, 0) is 20.8 Å². The third kappa shape index (κ3) is 6.61. The molecule has 3 heterocycles. The molecule has 6 rings (SSSR count). The van der Waals surface area contributed by atoms with Crippen LogP contribution >= 0.6 is 0 Å². The third-order valence-corrected chi connectivity index (χ3v) is 8.49. The lowest BCUT2D eigenvalue weighted by atomic mass is 9.90. The summed E-state index contributed by atoms with van der Waals surface area (Å²) in [4.78, 5) is 24.4. The summed E-state index contributed by atoms with van der Waals surface area (Å²) < 4.78 is 18.8. The zero-order chi connectivity index (χ0) is 29.8. The zero-order valence-corrected chi connectivity index (χ0v) is 24.6. The first kappa shape index (κ1) is 29.3. The Bertz CT molecular complexity index is 1550. The Hall–Kier alpha value is -3.73. The summed E-state index contributed by atoms with van der Waals surface area (Å²) in [6, 6.07) is 23.3. The minimum Gasteiger partial charge on any atom is -0.392 e. The normalized spacial score (nSPS) is 24.3. The van der Waals surface area contributed by atoms with Gasteiger partial charge in [-0.15, -0.1) is 0 Å². The molecule has 9 heteroatoms. The van der Waals surface area contributed by atoms with Crippen molar-refractivity contribution in [1.29, 1.82) is 0 Å². The van der Waals surface area contributed by atoms with Crippen molar-refractivity contribution in [2.24, 2.45) is 5.92 Å². The highest BCUT2D eigenvalue weighted by Gasteiger charge is 2.40. The fourth-order valence-electron chi connectivity index (χ4n) is 6.10. The minimum atomic E-state index is -0.635. The summed E-state index contributed by atoms with van der Waals surface area (Å²) >= 11 is 0. The van der Waals surface area contributed by atoms with E-state index in [1.165, 1.54) is 6.20 Å². The summed E-state index contributed by atoms with van der Waals surface area (Å²) in [6.07, 6.45) is 2.80. The lowest BCUT2D eigenvalue weighted by molar-refractivity contribution is -0.276. The maximum atomic E-state index is 13.1. The van der Waals surface area contributed by atoms with E-state index >= 15 is 0 Å². The Kier molecular flexibility index (Phi) is 9.06. The van der Waals surface area contributed by atoms with Gasteiger partial charge in [0.2, 0.25) is 0 Å². The maximum Gasteiger partial charge on any atom is 0.275 e. The largest absolute Gasteiger partial charge is 0.392 e. The average molecular weight is 583 g/mol. The summed E-state index contributed by atoms with van der Waals surface area (Å²) in [5.41, 5.74) is 4.96. The second-order valence-electron chi connectivity index (χ2n) is 11.4. The number of methoxy groups -OCH3 is 1. The number of hydrogen-bond donors (Lipinski definition) is 2. The van der Waals surface area contributed by atoms with E-state index in [0.717, 1.165) is 48.1 Å². The number of fused-ring (bicyclic) bond motifs is 1. The van der Waals surface area contributed by atoms with Gasteiger partial charge in [0, 0.05) is 36.9 Å². The molecule has 2 fully saturated rings. The number of aromatic nitrogens is 2. The van der Waals surface area contributed by atoms with Crippen LogP contribution in [-0.4, -0.2) is 64.8 Å². The smallest absolute Gasteiger partial charge is 0.275 e. The number of aliphatic hydroxyl groups is 1. The molecule has 224 valence electrons. The number of benzene rings is 3. The van der Waals surface area contributed by atoms with Crippen LogP contribution in [0, 0.1) is 5.92 Å². The van der Waals surface area contributed by atoms with Crippen molar-refractivity contribution in [2.75, 3.05) is 32.1 Å². The van der Waals surface area contributed by atoms with Gasteiger partial charge < -0.3 is 24.6 Å². The molecule has 2 saturated heterocycles. The van der Waals surface area contributed by atoms with E-state index in [1.54, 1.807) is 7.11 Å². The second kappa shape index (κ2) is 13.3. The lowest BCUT2D eigenvalue weighted by Crippen LogP contribution is -2.46. The van der Waals surface area contributed by atoms with Crippen LogP contribution in [0.4, 0.5) is 5.69 Å². The van der Waals surface area contributed by atoms with E-state index in [9.17, 15) is 9.90 Å². The Labute approximate surface area is 251 Å². The quantitative estimate of drug-likeness (QED) is 0.275. The molecule has 2 aliphatic rings. The van der Waals surface area contributed by atoms with Crippen LogP contribution in [0.15, 0.2) is 79.0 Å². The van der Waals surface area contributed by atoms with Crippen molar-refractivity contribution >= 4 is 22.6 Å². The minimum absolute atomic E-state index is 0.00509. The number of nitrogens with zero attached hydrogens (tertiary/aromatic N) is 3. The number of para-hydroxylation sites is 2. The Balaban J connectivity index is 1.24. The summed E-state index contributed by atoms with van der Waals surface area (Å²) in [7, 11) is 1.75. The molecule has 3 aromatic carbocycles. The number of aliphatic hydroxyl groups excluding tert-OH is 1. The van der Waals surface area contributed by atoms with Crippen molar-refractivity contribution in [3.63, 3.8) is 0 Å². The number of anilines is 1. The molecule has 4 aromatic rings. The molecule has 2 N–H and O–H groups in total. The third-order valence-electron chi connectivity index (χ3n) is 8.49. The fraction of sp³-hybridized carbons (Fsp3) is 0.382. The summed E-state index contributed by atoms with van der Waals surface area (Å²) in [5, 5.41) is 12.5. The standard InChI is InChI=1S/C34H38N4O5/c1-22-31(19-38-16-6-9-27(38)21-41-2)42-34(43-32(22)24-14-12-23(20-39)13-15-24)25-7-5-8-26(17-25)36-33(40)30-18-35-28-10-3-4-11-29(28)37-30/h3-5,7-8,10-15,17-18,22,27,31-32,34,39H,6,9,16,19-21H2,1-2H3,(H,36,40). The van der Waals surface area contributed by atoms with Gasteiger partial charge in [-0.05, 0) is 54.8 Å². The molecule has 43 heavy (non-hydrogen) atoms. The molecular weight excluding hydrogens is 544 g/mol. The van der Waals surface area contributed by atoms with Gasteiger partial charge in [0.15, 0.2) is 6.29 Å². The van der Waals surface area contributed by atoms with Gasteiger partial charge in [0.25, 0.3) is 5.91 Å². The highest BCUT2D eigenvalue weighted by Crippen LogP contribution is 2.42. The zero-order valence-electron chi connectivity index (χ0n) is 24.6. The van der Waals surface area contributed by atoms with E-state index < -0.39 is 6.29 Å². The molecule has 9 nitrogen and oxygen atoms in total. The number of carbonyl (C=O) groups excluding carboxylic acids is 1. The van der Waals surface area contributed by atoms with Gasteiger partial charge >= 0.3 is 0 Å². The van der Waals surface area contributed by atoms with Crippen molar-refractivity contribution in [3.8, 4) is 0 Å². The molecule has 1 amide bonds. The number of likely N-dealkylation sites (tertiary alicyclic amines) is 1. The van der Waals surface area contributed by atoms with Crippen LogP contribution in [0.2, 0.25) is 0 Å². The maximum absolute atomic E-state index is 13.1. The predicted octanol–water partition coefficient (Wildman–Crippen LogP) is 5.28. The number of nitrogens with one attached hydrogen (secondary N) is 1. The molecule has 5 unspecified atom stereocenters. The first-order valence-electron chi connectivity index (χ1n) is 14.9. The molecule has 0 aliphatic carbocycles. The fourth-order valence-corrected chi connectivity index (χ4v) is 6.10. The molecule has 0 spiro atoms. The van der Waals surface area contributed by atoms with Crippen LogP contribution in [0.3, 0.4) is 0 Å². The first-order valence-corrected chi connectivity index (χ1v) is 14.9. The summed E-state index contributed by atoms with van der Waals surface area (Å²) in [5.74, 6) is -0.262. The van der Waals surface area contributed by atoms with Gasteiger partial charge in [0.05, 0.1) is 42.7 Å². The SMILES string of the molecule is COCC1CCCN1CC1OC(c2cccc(NC(=O)c3cnc4ccccc4n3)c2)OC(c2ccc(CO)cc2)C1C. The Morgan fingerprint density at radius 3 is 2.65 bits per heavy atom. The Morgan fingerprint density at radius 1 is 1.05 bits per heavy atom. The molecule has 0 saturated carbocycles. The van der Waals surface area contributed by atoms with Crippen LogP contribution < -0.4 is 5.32 Å². The number of carbonyl (C=O) groups is 1. The van der Waals surface area contributed by atoms with Crippen molar-refractivity contribution < 1.29 is 24.1 Å². The number of rotatable bonds is 9. The monoisotopic (exact) mass is 582 g/mol. The average Bonchev–Trinajstić information content (AvgIpc) is 3.48. The van der Waals surface area contributed by atoms with Crippen molar-refractivity contribution in [1.82, 2.24) is 14.9 Å². The van der Waals surface area contributed by atoms with Gasteiger partial charge in [0.1, 0.15) is 5.69 Å². The van der Waals surface area contributed by atoms with E-state index in [1.807, 2.05) is 72.8 Å². The molecule has 0 radical (unpaired) electrons. The van der Waals surface area contributed by atoms with Gasteiger partial charge in [-0.2, -0.15) is 0 Å². The van der Waals surface area contributed by atoms with E-state index in [0.29, 0.717) is 23.9 Å². The molecule has 5 atom stereocenters. The highest BCUT2D eigenvalue weighted by molar-refractivity contribution is 6.03. The molecular formula is C34H38N4O5. The first-order chi connectivity index (χ1) is 21.0. The van der Waals surface area contributed by atoms with Crippen LogP contribution in [0.25, 0.3) is 11.0 Å². The van der Waals surface area contributed by atoms with E-state index in [4.69, 9.17) is 14.2 Å². The predicted molar refractivity (Wildman–Crippen MR) is 163 cm³/mol. The highest BCUT2D eigenvalue weighted by atomic mass is 16.7. The van der Waals surface area contributed by atoms with Gasteiger partial charge in [-0.25, -0.2) is 4.98 Å².